The molecule has 0 aliphatic heterocycles. The lowest BCUT2D eigenvalue weighted by Gasteiger charge is -2.03. The van der Waals surface area contributed by atoms with Crippen molar-refractivity contribution in [1.82, 2.24) is 0 Å². The van der Waals surface area contributed by atoms with Gasteiger partial charge in [0.25, 0.3) is 0 Å². The highest BCUT2D eigenvalue weighted by Crippen LogP contribution is 2.34. The van der Waals surface area contributed by atoms with Crippen LogP contribution in [0.3, 0.4) is 0 Å². The second kappa shape index (κ2) is 1.43. The third kappa shape index (κ3) is 1.12. The molecule has 0 saturated heterocycles. The number of rotatable bonds is 0. The summed E-state index contributed by atoms with van der Waals surface area (Å²) in [6, 6.07) is 0. The van der Waals surface area contributed by atoms with Crippen molar-refractivity contribution in [2.24, 2.45) is 5.41 Å². The summed E-state index contributed by atoms with van der Waals surface area (Å²) in [5, 5.41) is 0. The zero-order valence-corrected chi connectivity index (χ0v) is 4.83. The Morgan fingerprint density at radius 3 is 2.57 bits per heavy atom. The quantitative estimate of drug-likeness (QED) is 0.404. The molecule has 0 bridgehead atoms. The van der Waals surface area contributed by atoms with Gasteiger partial charge in [0.15, 0.2) is 0 Å². The van der Waals surface area contributed by atoms with Crippen LogP contribution in [0.25, 0.3) is 0 Å². The van der Waals surface area contributed by atoms with E-state index in [-0.39, 0.29) is 5.41 Å². The van der Waals surface area contributed by atoms with Gasteiger partial charge in [-0.2, -0.15) is 0 Å². The molecule has 7 heavy (non-hydrogen) atoms. The molecule has 0 aromatic rings. The van der Waals surface area contributed by atoms with Crippen LogP contribution in [-0.4, -0.2) is 0 Å². The molecule has 0 amide bonds. The molecule has 0 heteroatoms. The molecule has 1 aliphatic rings. The SMILES string of the molecule is [CH2+]C1(C)[C]CCC1. The van der Waals surface area contributed by atoms with E-state index >= 15 is 0 Å². The number of hydrogen-bond acceptors (Lipinski definition) is 0. The van der Waals surface area contributed by atoms with Crippen LogP contribution in [-0.2, 0) is 0 Å². The summed E-state index contributed by atoms with van der Waals surface area (Å²) in [5.74, 6) is 0. The zero-order chi connectivity index (χ0) is 5.33. The smallest absolute Gasteiger partial charge is 0.0479 e. The summed E-state index contributed by atoms with van der Waals surface area (Å²) >= 11 is 0. The lowest BCUT2D eigenvalue weighted by atomic mass is 9.92. The maximum Gasteiger partial charge on any atom is 0.110 e. The van der Waals surface area contributed by atoms with Gasteiger partial charge in [-0.1, -0.05) is 0 Å². The molecule has 0 heterocycles. The molecule has 1 unspecified atom stereocenters. The minimum absolute atomic E-state index is 0.194. The molecule has 0 aromatic carbocycles. The van der Waals surface area contributed by atoms with Gasteiger partial charge in [0, 0.05) is 6.42 Å². The maximum absolute atomic E-state index is 3.96. The molecule has 1 fully saturated rings. The average molecular weight is 95.2 g/mol. The van der Waals surface area contributed by atoms with Crippen LogP contribution in [0.2, 0.25) is 0 Å². The molecule has 1 rings (SSSR count). The summed E-state index contributed by atoms with van der Waals surface area (Å²) in [5.41, 5.74) is 0.194. The summed E-state index contributed by atoms with van der Waals surface area (Å²) < 4.78 is 0. The third-order valence-corrected chi connectivity index (χ3v) is 1.46. The van der Waals surface area contributed by atoms with Crippen LogP contribution in [0.1, 0.15) is 26.2 Å². The minimum Gasteiger partial charge on any atom is -0.0479 e. The molecule has 1 saturated carbocycles. The van der Waals surface area contributed by atoms with E-state index < -0.39 is 0 Å². The van der Waals surface area contributed by atoms with Crippen LogP contribution in [0.4, 0.5) is 0 Å². The normalized spacial score (nSPS) is 28.1. The summed E-state index contributed by atoms with van der Waals surface area (Å²) in [6.45, 7) is 6.10. The van der Waals surface area contributed by atoms with Gasteiger partial charge in [-0.25, -0.2) is 0 Å². The zero-order valence-electron chi connectivity index (χ0n) is 4.83. The van der Waals surface area contributed by atoms with Crippen molar-refractivity contribution in [2.45, 2.75) is 26.2 Å². The van der Waals surface area contributed by atoms with Crippen molar-refractivity contribution in [3.63, 3.8) is 0 Å². The van der Waals surface area contributed by atoms with Gasteiger partial charge >= 0.3 is 0 Å². The predicted molar refractivity (Wildman–Crippen MR) is 30.6 cm³/mol. The van der Waals surface area contributed by atoms with E-state index in [1.54, 1.807) is 0 Å². The third-order valence-electron chi connectivity index (χ3n) is 1.46. The van der Waals surface area contributed by atoms with Crippen molar-refractivity contribution in [2.75, 3.05) is 0 Å². The molecule has 1 atom stereocenters. The van der Waals surface area contributed by atoms with Crippen LogP contribution >= 0.6 is 0 Å². The molecular weight excluding hydrogens is 84.1 g/mol. The Hall–Kier alpha value is -0.130. The lowest BCUT2D eigenvalue weighted by Crippen LogP contribution is -2.03. The Morgan fingerprint density at radius 2 is 2.43 bits per heavy atom. The van der Waals surface area contributed by atoms with E-state index in [4.69, 9.17) is 0 Å². The van der Waals surface area contributed by atoms with E-state index in [0.717, 1.165) is 6.42 Å². The first-order valence-electron chi connectivity index (χ1n) is 2.81. The lowest BCUT2D eigenvalue weighted by molar-refractivity contribution is 0.520. The highest BCUT2D eigenvalue weighted by Gasteiger charge is 2.30. The second-order valence-corrected chi connectivity index (χ2v) is 2.59. The van der Waals surface area contributed by atoms with E-state index in [1.807, 2.05) is 0 Å². The first-order chi connectivity index (χ1) is 3.21. The van der Waals surface area contributed by atoms with Gasteiger partial charge in [-0.15, -0.1) is 0 Å². The van der Waals surface area contributed by atoms with Crippen LogP contribution in [0.5, 0.6) is 0 Å². The van der Waals surface area contributed by atoms with Gasteiger partial charge in [-0.05, 0) is 26.2 Å². The largest absolute Gasteiger partial charge is 0.110 e. The van der Waals surface area contributed by atoms with Gasteiger partial charge in [0.2, 0.25) is 0 Å². The highest BCUT2D eigenvalue weighted by atomic mass is 14.3. The van der Waals surface area contributed by atoms with Gasteiger partial charge in [0.1, 0.15) is 5.41 Å². The monoisotopic (exact) mass is 95.1 g/mol. The van der Waals surface area contributed by atoms with Crippen molar-refractivity contribution in [1.29, 1.82) is 0 Å². The minimum atomic E-state index is 0.194. The van der Waals surface area contributed by atoms with Gasteiger partial charge < -0.3 is 0 Å². The predicted octanol–water partition coefficient (Wildman–Crippen LogP) is 2.09. The molecule has 38 valence electrons. The molecule has 0 N–H and O–H groups in total. The van der Waals surface area contributed by atoms with E-state index in [2.05, 4.69) is 20.3 Å². The van der Waals surface area contributed by atoms with Gasteiger partial charge in [-0.3, -0.25) is 0 Å². The van der Waals surface area contributed by atoms with Gasteiger partial charge in [0.05, 0.1) is 6.92 Å². The topological polar surface area (TPSA) is 0 Å². The van der Waals surface area contributed by atoms with Crippen molar-refractivity contribution < 1.29 is 0 Å². The van der Waals surface area contributed by atoms with E-state index in [1.165, 1.54) is 12.8 Å². The van der Waals surface area contributed by atoms with E-state index in [9.17, 15) is 0 Å². The first kappa shape index (κ1) is 5.02. The molecule has 0 aromatic heterocycles. The van der Waals surface area contributed by atoms with Crippen LogP contribution in [0.15, 0.2) is 0 Å². The summed E-state index contributed by atoms with van der Waals surface area (Å²) in [7, 11) is 0. The fraction of sp³-hybridized carbons (Fsp3) is 0.714. The Kier molecular flexibility index (Phi) is 1.02. The highest BCUT2D eigenvalue weighted by molar-refractivity contribution is 4.95. The fourth-order valence-electron chi connectivity index (χ4n) is 0.957. The Labute approximate surface area is 45.9 Å². The standard InChI is InChI=1S/C7H11/c1-7(2)5-3-4-6-7/h1,3-5H2,2H3/q+1. The van der Waals surface area contributed by atoms with Crippen molar-refractivity contribution in [3.8, 4) is 0 Å². The van der Waals surface area contributed by atoms with Crippen molar-refractivity contribution in [3.05, 3.63) is 13.3 Å². The average Bonchev–Trinajstić information content (AvgIpc) is 1.84. The first-order valence-corrected chi connectivity index (χ1v) is 2.81. The Balaban J connectivity index is 2.40. The molecule has 0 nitrogen and oxygen atoms in total. The Bertz CT molecular complexity index is 54.4. The van der Waals surface area contributed by atoms with E-state index in [0.29, 0.717) is 0 Å². The fourth-order valence-corrected chi connectivity index (χ4v) is 0.957. The Morgan fingerprint density at radius 1 is 1.71 bits per heavy atom. The van der Waals surface area contributed by atoms with Crippen LogP contribution in [0, 0.1) is 18.8 Å². The van der Waals surface area contributed by atoms with Crippen molar-refractivity contribution >= 4 is 0 Å². The summed E-state index contributed by atoms with van der Waals surface area (Å²) in [6.07, 6.45) is 6.96. The second-order valence-electron chi connectivity index (χ2n) is 2.59. The molecule has 2 radical (unpaired) electrons. The molecule has 1 aliphatic carbocycles. The maximum atomic E-state index is 3.96. The molecular formula is C7H11+. The number of hydrogen-bond donors (Lipinski definition) is 0. The molecule has 0 spiro atoms. The summed E-state index contributed by atoms with van der Waals surface area (Å²) in [4.78, 5) is 0. The van der Waals surface area contributed by atoms with Crippen LogP contribution < -0.4 is 0 Å².